The predicted molar refractivity (Wildman–Crippen MR) is 98.6 cm³/mol. The fraction of sp³-hybridized carbons (Fsp3) is 0.167. The number of benzene rings is 1. The van der Waals surface area contributed by atoms with Gasteiger partial charge in [-0.15, -0.1) is 11.3 Å². The molecule has 0 aliphatic rings. The Bertz CT molecular complexity index is 877. The van der Waals surface area contributed by atoms with Crippen LogP contribution in [0.3, 0.4) is 0 Å². The highest BCUT2D eigenvalue weighted by atomic mass is 35.5. The summed E-state index contributed by atoms with van der Waals surface area (Å²) in [5, 5.41) is 4.42. The molecule has 3 aromatic rings. The Kier molecular flexibility index (Phi) is 4.92. The number of pyridine rings is 1. The molecule has 2 aromatic heterocycles. The van der Waals surface area contributed by atoms with Crippen molar-refractivity contribution >= 4 is 34.5 Å². The van der Waals surface area contributed by atoms with E-state index in [2.05, 4.69) is 15.3 Å². The third-order valence-electron chi connectivity index (χ3n) is 3.60. The third kappa shape index (κ3) is 3.80. The number of anilines is 1. The molecule has 122 valence electrons. The first-order valence-corrected chi connectivity index (χ1v) is 8.65. The van der Waals surface area contributed by atoms with Gasteiger partial charge in [-0.3, -0.25) is 9.78 Å². The Hall–Kier alpha value is -2.24. The molecule has 6 heteroatoms. The highest BCUT2D eigenvalue weighted by molar-refractivity contribution is 7.15. The number of carbonyl (C=O) groups excluding carboxylic acids is 1. The maximum absolute atomic E-state index is 12.3. The maximum Gasteiger partial charge on any atom is 0.229 e. The quantitative estimate of drug-likeness (QED) is 0.739. The summed E-state index contributed by atoms with van der Waals surface area (Å²) in [4.78, 5) is 21.8. The highest BCUT2D eigenvalue weighted by Gasteiger charge is 2.13. The summed E-state index contributed by atoms with van der Waals surface area (Å²) in [5.41, 5.74) is 3.57. The molecular formula is C18H16ClN3OS. The standard InChI is InChI=1S/C18H16ClN3OS/c1-11-3-4-14(9-15(11)19)22-17(23)10-16-12(2)21-18(24-16)13-5-7-20-8-6-13/h3-9H,10H2,1-2H3,(H,22,23). The lowest BCUT2D eigenvalue weighted by Crippen LogP contribution is -2.14. The Morgan fingerprint density at radius 3 is 2.67 bits per heavy atom. The molecule has 1 amide bonds. The van der Waals surface area contributed by atoms with E-state index < -0.39 is 0 Å². The fourth-order valence-electron chi connectivity index (χ4n) is 2.23. The molecule has 0 spiro atoms. The van der Waals surface area contributed by atoms with Gasteiger partial charge in [0, 0.05) is 33.5 Å². The van der Waals surface area contributed by atoms with Crippen LogP contribution in [0.1, 0.15) is 16.1 Å². The summed E-state index contributed by atoms with van der Waals surface area (Å²) in [7, 11) is 0. The van der Waals surface area contributed by atoms with Crippen LogP contribution in [0.2, 0.25) is 5.02 Å². The topological polar surface area (TPSA) is 54.9 Å². The molecule has 0 aliphatic heterocycles. The molecular weight excluding hydrogens is 342 g/mol. The average molecular weight is 358 g/mol. The molecule has 0 fully saturated rings. The van der Waals surface area contributed by atoms with Gasteiger partial charge >= 0.3 is 0 Å². The van der Waals surface area contributed by atoms with E-state index in [1.165, 1.54) is 11.3 Å². The van der Waals surface area contributed by atoms with Crippen molar-refractivity contribution in [1.29, 1.82) is 0 Å². The van der Waals surface area contributed by atoms with Crippen molar-refractivity contribution in [1.82, 2.24) is 9.97 Å². The second-order valence-electron chi connectivity index (χ2n) is 5.45. The zero-order valence-corrected chi connectivity index (χ0v) is 14.9. The molecule has 0 saturated carbocycles. The number of hydrogen-bond acceptors (Lipinski definition) is 4. The number of nitrogens with one attached hydrogen (secondary N) is 1. The number of aromatic nitrogens is 2. The minimum Gasteiger partial charge on any atom is -0.326 e. The van der Waals surface area contributed by atoms with Crippen molar-refractivity contribution in [3.05, 3.63) is 63.9 Å². The van der Waals surface area contributed by atoms with Gasteiger partial charge in [-0.2, -0.15) is 0 Å². The second-order valence-corrected chi connectivity index (χ2v) is 6.94. The van der Waals surface area contributed by atoms with Crippen LogP contribution >= 0.6 is 22.9 Å². The Morgan fingerprint density at radius 2 is 1.96 bits per heavy atom. The molecule has 0 aliphatic carbocycles. The molecule has 0 atom stereocenters. The number of aryl methyl sites for hydroxylation is 2. The lowest BCUT2D eigenvalue weighted by Gasteiger charge is -2.06. The van der Waals surface area contributed by atoms with Crippen LogP contribution in [0.15, 0.2) is 42.7 Å². The lowest BCUT2D eigenvalue weighted by molar-refractivity contribution is -0.115. The summed E-state index contributed by atoms with van der Waals surface area (Å²) in [6, 6.07) is 9.32. The first-order chi connectivity index (χ1) is 11.5. The molecule has 1 N–H and O–H groups in total. The Balaban J connectivity index is 1.72. The van der Waals surface area contributed by atoms with Crippen molar-refractivity contribution in [2.24, 2.45) is 0 Å². The maximum atomic E-state index is 12.3. The van der Waals surface area contributed by atoms with Crippen LogP contribution in [-0.4, -0.2) is 15.9 Å². The zero-order valence-electron chi connectivity index (χ0n) is 13.3. The van der Waals surface area contributed by atoms with Gasteiger partial charge in [0.25, 0.3) is 0 Å². The largest absolute Gasteiger partial charge is 0.326 e. The van der Waals surface area contributed by atoms with E-state index in [1.807, 2.05) is 38.1 Å². The zero-order chi connectivity index (χ0) is 17.1. The Morgan fingerprint density at radius 1 is 1.21 bits per heavy atom. The molecule has 0 unspecified atom stereocenters. The highest BCUT2D eigenvalue weighted by Crippen LogP contribution is 2.28. The van der Waals surface area contributed by atoms with Crippen LogP contribution in [-0.2, 0) is 11.2 Å². The number of carbonyl (C=O) groups is 1. The summed E-state index contributed by atoms with van der Waals surface area (Å²) in [6.07, 6.45) is 3.76. The first kappa shape index (κ1) is 16.6. The molecule has 0 bridgehead atoms. The monoisotopic (exact) mass is 357 g/mol. The molecule has 2 heterocycles. The number of hydrogen-bond donors (Lipinski definition) is 1. The SMILES string of the molecule is Cc1ccc(NC(=O)Cc2sc(-c3ccncc3)nc2C)cc1Cl. The second kappa shape index (κ2) is 7.11. The van der Waals surface area contributed by atoms with E-state index in [4.69, 9.17) is 11.6 Å². The molecule has 0 saturated heterocycles. The number of thiazole rings is 1. The van der Waals surface area contributed by atoms with E-state index in [-0.39, 0.29) is 5.91 Å². The number of amides is 1. The van der Waals surface area contributed by atoms with E-state index in [0.29, 0.717) is 17.1 Å². The van der Waals surface area contributed by atoms with Gasteiger partial charge in [0.1, 0.15) is 5.01 Å². The molecule has 1 aromatic carbocycles. The summed E-state index contributed by atoms with van der Waals surface area (Å²) >= 11 is 7.62. The van der Waals surface area contributed by atoms with E-state index in [9.17, 15) is 4.79 Å². The van der Waals surface area contributed by atoms with Gasteiger partial charge in [-0.25, -0.2) is 4.98 Å². The van der Waals surface area contributed by atoms with E-state index in [1.54, 1.807) is 18.5 Å². The van der Waals surface area contributed by atoms with Gasteiger partial charge in [0.15, 0.2) is 0 Å². The molecule has 24 heavy (non-hydrogen) atoms. The van der Waals surface area contributed by atoms with Crippen LogP contribution in [0, 0.1) is 13.8 Å². The van der Waals surface area contributed by atoms with Gasteiger partial charge in [-0.1, -0.05) is 17.7 Å². The summed E-state index contributed by atoms with van der Waals surface area (Å²) in [5.74, 6) is -0.0806. The van der Waals surface area contributed by atoms with Crippen molar-refractivity contribution in [2.45, 2.75) is 20.3 Å². The first-order valence-electron chi connectivity index (χ1n) is 7.45. The van der Waals surface area contributed by atoms with Crippen LogP contribution in [0.5, 0.6) is 0 Å². The number of nitrogens with zero attached hydrogens (tertiary/aromatic N) is 2. The van der Waals surface area contributed by atoms with Gasteiger partial charge in [-0.05, 0) is 43.7 Å². The van der Waals surface area contributed by atoms with Gasteiger partial charge in [0.05, 0.1) is 12.1 Å². The normalized spacial score (nSPS) is 10.6. The minimum absolute atomic E-state index is 0.0806. The van der Waals surface area contributed by atoms with Crippen molar-refractivity contribution < 1.29 is 4.79 Å². The summed E-state index contributed by atoms with van der Waals surface area (Å²) < 4.78 is 0. The third-order valence-corrected chi connectivity index (χ3v) is 5.21. The lowest BCUT2D eigenvalue weighted by atomic mass is 10.2. The van der Waals surface area contributed by atoms with Gasteiger partial charge in [0.2, 0.25) is 5.91 Å². The van der Waals surface area contributed by atoms with Crippen LogP contribution < -0.4 is 5.32 Å². The van der Waals surface area contributed by atoms with E-state index >= 15 is 0 Å². The smallest absolute Gasteiger partial charge is 0.229 e. The van der Waals surface area contributed by atoms with Crippen molar-refractivity contribution in [3.63, 3.8) is 0 Å². The van der Waals surface area contributed by atoms with Crippen LogP contribution in [0.25, 0.3) is 10.6 Å². The molecule has 3 rings (SSSR count). The minimum atomic E-state index is -0.0806. The van der Waals surface area contributed by atoms with Crippen LogP contribution in [0.4, 0.5) is 5.69 Å². The van der Waals surface area contributed by atoms with Crippen molar-refractivity contribution in [2.75, 3.05) is 5.32 Å². The predicted octanol–water partition coefficient (Wildman–Crippen LogP) is 4.66. The van der Waals surface area contributed by atoms with Gasteiger partial charge < -0.3 is 5.32 Å². The fourth-order valence-corrected chi connectivity index (χ4v) is 3.48. The number of halogens is 1. The van der Waals surface area contributed by atoms with E-state index in [0.717, 1.165) is 26.7 Å². The molecule has 0 radical (unpaired) electrons. The van der Waals surface area contributed by atoms with Crippen molar-refractivity contribution in [3.8, 4) is 10.6 Å². The number of rotatable bonds is 4. The molecule has 4 nitrogen and oxygen atoms in total. The summed E-state index contributed by atoms with van der Waals surface area (Å²) in [6.45, 7) is 3.85. The Labute approximate surface area is 149 Å². The average Bonchev–Trinajstić information content (AvgIpc) is 2.93.